The summed E-state index contributed by atoms with van der Waals surface area (Å²) in [5, 5.41) is 0. The quantitative estimate of drug-likeness (QED) is 0.830. The van der Waals surface area contributed by atoms with Crippen LogP contribution in [0.25, 0.3) is 0 Å². The molecule has 0 saturated heterocycles. The van der Waals surface area contributed by atoms with Gasteiger partial charge in [-0.05, 0) is 26.3 Å². The molecular formula is C12H18FNO. The van der Waals surface area contributed by atoms with Gasteiger partial charge in [0.15, 0.2) is 11.6 Å². The molecule has 0 aliphatic rings. The fourth-order valence-electron chi connectivity index (χ4n) is 1.29. The second-order valence-electron chi connectivity index (χ2n) is 3.78. The van der Waals surface area contributed by atoms with E-state index >= 15 is 0 Å². The van der Waals surface area contributed by atoms with Crippen LogP contribution in [-0.4, -0.2) is 6.10 Å². The summed E-state index contributed by atoms with van der Waals surface area (Å²) >= 11 is 0. The average molecular weight is 211 g/mol. The molecule has 0 aliphatic heterocycles. The molecule has 2 N–H and O–H groups in total. The number of hydrogen-bond acceptors (Lipinski definition) is 2. The Labute approximate surface area is 90.2 Å². The Balaban J connectivity index is 3.02. The number of hydrogen-bond donors (Lipinski definition) is 1. The van der Waals surface area contributed by atoms with Gasteiger partial charge in [0, 0.05) is 11.6 Å². The Bertz CT molecular complexity index is 325. The van der Waals surface area contributed by atoms with Gasteiger partial charge in [-0.1, -0.05) is 19.1 Å². The van der Waals surface area contributed by atoms with Crippen molar-refractivity contribution >= 4 is 0 Å². The van der Waals surface area contributed by atoms with Gasteiger partial charge in [-0.25, -0.2) is 4.39 Å². The zero-order valence-electron chi connectivity index (χ0n) is 9.46. The molecule has 15 heavy (non-hydrogen) atoms. The Morgan fingerprint density at radius 1 is 1.40 bits per heavy atom. The number of halogens is 1. The highest BCUT2D eigenvalue weighted by molar-refractivity contribution is 5.37. The van der Waals surface area contributed by atoms with E-state index in [1.807, 2.05) is 20.8 Å². The van der Waals surface area contributed by atoms with E-state index in [1.54, 1.807) is 12.1 Å². The maximum Gasteiger partial charge on any atom is 0.165 e. The Morgan fingerprint density at radius 2 is 2.07 bits per heavy atom. The molecule has 0 fully saturated rings. The van der Waals surface area contributed by atoms with Crippen molar-refractivity contribution < 1.29 is 9.13 Å². The van der Waals surface area contributed by atoms with Crippen LogP contribution >= 0.6 is 0 Å². The molecule has 3 heteroatoms. The van der Waals surface area contributed by atoms with Crippen molar-refractivity contribution in [3.8, 4) is 5.75 Å². The highest BCUT2D eigenvalue weighted by atomic mass is 19.1. The van der Waals surface area contributed by atoms with E-state index in [0.29, 0.717) is 5.75 Å². The Morgan fingerprint density at radius 3 is 2.60 bits per heavy atom. The lowest BCUT2D eigenvalue weighted by Gasteiger charge is -2.18. The van der Waals surface area contributed by atoms with Crippen LogP contribution in [-0.2, 0) is 0 Å². The molecule has 0 radical (unpaired) electrons. The van der Waals surface area contributed by atoms with E-state index in [-0.39, 0.29) is 18.0 Å². The predicted octanol–water partition coefficient (Wildman–Crippen LogP) is 3.02. The van der Waals surface area contributed by atoms with Gasteiger partial charge in [-0.2, -0.15) is 0 Å². The van der Waals surface area contributed by atoms with Crippen LogP contribution in [0.5, 0.6) is 5.75 Å². The van der Waals surface area contributed by atoms with Crippen molar-refractivity contribution in [3.05, 3.63) is 29.6 Å². The number of para-hydroxylation sites is 1. The second-order valence-corrected chi connectivity index (χ2v) is 3.78. The van der Waals surface area contributed by atoms with Crippen LogP contribution in [0.15, 0.2) is 18.2 Å². The van der Waals surface area contributed by atoms with Crippen molar-refractivity contribution in [2.45, 2.75) is 39.3 Å². The molecule has 0 bridgehead atoms. The van der Waals surface area contributed by atoms with E-state index in [9.17, 15) is 4.39 Å². The molecule has 1 aromatic rings. The van der Waals surface area contributed by atoms with Crippen LogP contribution in [0, 0.1) is 5.82 Å². The molecule has 0 aliphatic carbocycles. The fraction of sp³-hybridized carbons (Fsp3) is 0.500. The lowest BCUT2D eigenvalue weighted by Crippen LogP contribution is -2.15. The third kappa shape index (κ3) is 2.93. The topological polar surface area (TPSA) is 35.2 Å². The summed E-state index contributed by atoms with van der Waals surface area (Å²) < 4.78 is 19.1. The molecule has 2 nitrogen and oxygen atoms in total. The molecule has 0 aromatic heterocycles. The molecular weight excluding hydrogens is 193 g/mol. The molecule has 1 unspecified atom stereocenters. The summed E-state index contributed by atoms with van der Waals surface area (Å²) in [6, 6.07) is 4.62. The lowest BCUT2D eigenvalue weighted by atomic mass is 10.1. The summed E-state index contributed by atoms with van der Waals surface area (Å²) in [7, 11) is 0. The zero-order valence-corrected chi connectivity index (χ0v) is 9.46. The van der Waals surface area contributed by atoms with Gasteiger partial charge in [0.05, 0.1) is 6.10 Å². The minimum atomic E-state index is -0.342. The fourth-order valence-corrected chi connectivity index (χ4v) is 1.29. The molecule has 0 saturated carbocycles. The van der Waals surface area contributed by atoms with E-state index in [2.05, 4.69) is 0 Å². The maximum absolute atomic E-state index is 13.5. The predicted molar refractivity (Wildman–Crippen MR) is 59.4 cm³/mol. The van der Waals surface area contributed by atoms with Crippen molar-refractivity contribution in [3.63, 3.8) is 0 Å². The van der Waals surface area contributed by atoms with E-state index in [1.165, 1.54) is 6.07 Å². The van der Waals surface area contributed by atoms with Crippen LogP contribution in [0.1, 0.15) is 38.8 Å². The van der Waals surface area contributed by atoms with Gasteiger partial charge in [-0.3, -0.25) is 0 Å². The number of ether oxygens (including phenoxy) is 1. The third-order valence-electron chi connectivity index (χ3n) is 2.38. The molecule has 0 spiro atoms. The van der Waals surface area contributed by atoms with Crippen molar-refractivity contribution in [1.82, 2.24) is 0 Å². The standard InChI is InChI=1S/C12H18FNO/c1-4-8(2)15-12-10(9(3)14)6-5-7-11(12)13/h5-9H,4,14H2,1-3H3/t8?,9-/m0/s1. The first-order valence-electron chi connectivity index (χ1n) is 5.26. The summed E-state index contributed by atoms with van der Waals surface area (Å²) in [6.07, 6.45) is 0.839. The average Bonchev–Trinajstić information content (AvgIpc) is 2.20. The maximum atomic E-state index is 13.5. The minimum Gasteiger partial charge on any atom is -0.487 e. The zero-order chi connectivity index (χ0) is 11.4. The summed E-state index contributed by atoms with van der Waals surface area (Å²) in [5.41, 5.74) is 6.47. The van der Waals surface area contributed by atoms with Crippen LogP contribution < -0.4 is 10.5 Å². The molecule has 1 aromatic carbocycles. The normalized spacial score (nSPS) is 14.7. The first-order valence-corrected chi connectivity index (χ1v) is 5.26. The molecule has 0 heterocycles. The Hall–Kier alpha value is -1.09. The third-order valence-corrected chi connectivity index (χ3v) is 2.38. The first kappa shape index (κ1) is 12.0. The van der Waals surface area contributed by atoms with E-state index < -0.39 is 0 Å². The minimum absolute atomic E-state index is 0.000556. The first-order chi connectivity index (χ1) is 7.06. The van der Waals surface area contributed by atoms with Gasteiger partial charge >= 0.3 is 0 Å². The largest absolute Gasteiger partial charge is 0.487 e. The number of benzene rings is 1. The van der Waals surface area contributed by atoms with Crippen LogP contribution in [0.3, 0.4) is 0 Å². The Kier molecular flexibility index (Phi) is 4.09. The number of nitrogens with two attached hydrogens (primary N) is 1. The lowest BCUT2D eigenvalue weighted by molar-refractivity contribution is 0.204. The SMILES string of the molecule is CCC(C)Oc1c(F)cccc1[C@H](C)N. The summed E-state index contributed by atoms with van der Waals surface area (Å²) in [6.45, 7) is 5.73. The second kappa shape index (κ2) is 5.12. The number of rotatable bonds is 4. The van der Waals surface area contributed by atoms with Crippen molar-refractivity contribution in [1.29, 1.82) is 0 Å². The van der Waals surface area contributed by atoms with Crippen LogP contribution in [0.2, 0.25) is 0 Å². The molecule has 1 rings (SSSR count). The van der Waals surface area contributed by atoms with Gasteiger partial charge in [0.2, 0.25) is 0 Å². The smallest absolute Gasteiger partial charge is 0.165 e. The molecule has 2 atom stereocenters. The van der Waals surface area contributed by atoms with Crippen molar-refractivity contribution in [2.75, 3.05) is 0 Å². The van der Waals surface area contributed by atoms with Gasteiger partial charge in [-0.15, -0.1) is 0 Å². The highest BCUT2D eigenvalue weighted by Crippen LogP contribution is 2.28. The van der Waals surface area contributed by atoms with Gasteiger partial charge < -0.3 is 10.5 Å². The monoisotopic (exact) mass is 211 g/mol. The van der Waals surface area contributed by atoms with E-state index in [4.69, 9.17) is 10.5 Å². The molecule has 84 valence electrons. The van der Waals surface area contributed by atoms with E-state index in [0.717, 1.165) is 12.0 Å². The summed E-state index contributed by atoms with van der Waals surface area (Å²) in [4.78, 5) is 0. The van der Waals surface area contributed by atoms with Gasteiger partial charge in [0.25, 0.3) is 0 Å². The summed E-state index contributed by atoms with van der Waals surface area (Å²) in [5.74, 6) is -0.0491. The highest BCUT2D eigenvalue weighted by Gasteiger charge is 2.14. The molecule has 0 amide bonds. The van der Waals surface area contributed by atoms with Crippen LogP contribution in [0.4, 0.5) is 4.39 Å². The van der Waals surface area contributed by atoms with Crippen molar-refractivity contribution in [2.24, 2.45) is 5.73 Å². The van der Waals surface area contributed by atoms with Gasteiger partial charge in [0.1, 0.15) is 0 Å².